The van der Waals surface area contributed by atoms with Crippen LogP contribution in [-0.4, -0.2) is 50.5 Å². The summed E-state index contributed by atoms with van der Waals surface area (Å²) in [5, 5.41) is 8.67. The molecule has 0 saturated carbocycles. The number of sulfone groups is 1. The average Bonchev–Trinajstić information content (AvgIpc) is 3.14. The summed E-state index contributed by atoms with van der Waals surface area (Å²) in [4.78, 5) is 12.1. The van der Waals surface area contributed by atoms with Crippen LogP contribution in [0.2, 0.25) is 5.02 Å². The van der Waals surface area contributed by atoms with Crippen LogP contribution in [0, 0.1) is 11.6 Å². The number of benzene rings is 1. The number of nitrogens with zero attached hydrogens (tertiary/aromatic N) is 6. The van der Waals surface area contributed by atoms with Crippen molar-refractivity contribution in [1.29, 1.82) is 0 Å². The topological polar surface area (TPSA) is 113 Å². The maximum Gasteiger partial charge on any atom is 0.168 e. The van der Waals surface area contributed by atoms with Crippen LogP contribution < -0.4 is 4.74 Å². The van der Waals surface area contributed by atoms with Gasteiger partial charge in [-0.05, 0) is 12.1 Å². The van der Waals surface area contributed by atoms with E-state index in [2.05, 4.69) is 25.1 Å². The molecule has 0 aliphatic carbocycles. The zero-order valence-electron chi connectivity index (χ0n) is 18.0. The summed E-state index contributed by atoms with van der Waals surface area (Å²) in [5.41, 5.74) is 0.636. The number of ether oxygens (including phenoxy) is 1. The molecule has 0 saturated heterocycles. The van der Waals surface area contributed by atoms with Gasteiger partial charge in [-0.3, -0.25) is 9.55 Å². The molecule has 180 valence electrons. The molecule has 1 aliphatic heterocycles. The second-order valence-corrected chi connectivity index (χ2v) is 10.5. The van der Waals surface area contributed by atoms with E-state index in [-0.39, 0.29) is 30.2 Å². The Labute approximate surface area is 203 Å². The molecule has 5 rings (SSSR count). The third-order valence-electron chi connectivity index (χ3n) is 5.48. The molecule has 0 unspecified atom stereocenters. The summed E-state index contributed by atoms with van der Waals surface area (Å²) >= 11 is 5.77. The molecular weight excluding hydrogens is 502 g/mol. The van der Waals surface area contributed by atoms with Gasteiger partial charge in [0.15, 0.2) is 15.7 Å². The van der Waals surface area contributed by atoms with E-state index in [1.54, 1.807) is 6.07 Å². The van der Waals surface area contributed by atoms with Crippen molar-refractivity contribution < 1.29 is 21.9 Å². The minimum Gasteiger partial charge on any atom is -0.489 e. The third-order valence-corrected chi connectivity index (χ3v) is 7.20. The Balaban J connectivity index is 1.52. The van der Waals surface area contributed by atoms with E-state index in [0.29, 0.717) is 28.0 Å². The number of hydrogen-bond donors (Lipinski definition) is 0. The summed E-state index contributed by atoms with van der Waals surface area (Å²) in [5.74, 6) is -1.13. The number of halogens is 3. The lowest BCUT2D eigenvalue weighted by Crippen LogP contribution is -2.23. The van der Waals surface area contributed by atoms with Crippen molar-refractivity contribution in [2.45, 2.75) is 18.2 Å². The van der Waals surface area contributed by atoms with Gasteiger partial charge in [0.05, 0.1) is 28.6 Å². The van der Waals surface area contributed by atoms with Crippen LogP contribution in [0.15, 0.2) is 49.1 Å². The molecule has 35 heavy (non-hydrogen) atoms. The Hall–Kier alpha value is -3.51. The number of fused-ring (bicyclic) bond motifs is 3. The van der Waals surface area contributed by atoms with E-state index in [9.17, 15) is 17.2 Å². The molecular formula is C22H17ClF2N6O3S. The summed E-state index contributed by atoms with van der Waals surface area (Å²) in [6.45, 7) is -0.0715. The highest BCUT2D eigenvalue weighted by Gasteiger charge is 2.32. The summed E-state index contributed by atoms with van der Waals surface area (Å²) in [6, 6.07) is 3.99. The van der Waals surface area contributed by atoms with Crippen molar-refractivity contribution in [3.05, 3.63) is 82.9 Å². The molecule has 3 aromatic heterocycles. The maximum absolute atomic E-state index is 14.8. The molecule has 9 nitrogen and oxygen atoms in total. The van der Waals surface area contributed by atoms with Crippen molar-refractivity contribution in [3.63, 3.8) is 0 Å². The standard InChI is InChI=1S/C22H17ClF2N6O3S/c23-13-8-27-20(28-9-13)4-6-35(32,33)12-21-29-30-22-16-3-5-26-10-19(16)34-11-18(31(21)22)15-2-1-14(24)7-17(15)25/h1-3,5,7-10,18H,4,6,11-12H2/t18-/m1/s1. The van der Waals surface area contributed by atoms with Gasteiger partial charge in [0, 0.05) is 36.6 Å². The number of aromatic nitrogens is 6. The van der Waals surface area contributed by atoms with Crippen molar-refractivity contribution in [2.24, 2.45) is 0 Å². The van der Waals surface area contributed by atoms with Crippen LogP contribution in [0.1, 0.15) is 23.3 Å². The van der Waals surface area contributed by atoms with Crippen LogP contribution in [0.3, 0.4) is 0 Å². The van der Waals surface area contributed by atoms with Crippen LogP contribution in [-0.2, 0) is 22.0 Å². The monoisotopic (exact) mass is 518 g/mol. The van der Waals surface area contributed by atoms with Crippen LogP contribution in [0.5, 0.6) is 5.75 Å². The van der Waals surface area contributed by atoms with E-state index < -0.39 is 33.3 Å². The fourth-order valence-corrected chi connectivity index (χ4v) is 5.17. The Morgan fingerprint density at radius 3 is 2.69 bits per heavy atom. The van der Waals surface area contributed by atoms with Crippen molar-refractivity contribution in [2.75, 3.05) is 12.4 Å². The number of rotatable bonds is 6. The molecule has 1 aromatic carbocycles. The highest BCUT2D eigenvalue weighted by Crippen LogP contribution is 2.37. The molecule has 13 heteroatoms. The fraction of sp³-hybridized carbons (Fsp3) is 0.227. The molecule has 0 bridgehead atoms. The molecule has 0 amide bonds. The highest BCUT2D eigenvalue weighted by atomic mass is 35.5. The van der Waals surface area contributed by atoms with Crippen molar-refractivity contribution in [1.82, 2.24) is 29.7 Å². The smallest absolute Gasteiger partial charge is 0.168 e. The van der Waals surface area contributed by atoms with Gasteiger partial charge in [0.1, 0.15) is 41.4 Å². The second-order valence-electron chi connectivity index (χ2n) is 7.83. The van der Waals surface area contributed by atoms with E-state index in [0.717, 1.165) is 12.1 Å². The van der Waals surface area contributed by atoms with E-state index in [1.807, 2.05) is 0 Å². The van der Waals surface area contributed by atoms with Crippen LogP contribution in [0.4, 0.5) is 8.78 Å². The van der Waals surface area contributed by atoms with Gasteiger partial charge in [-0.1, -0.05) is 17.7 Å². The van der Waals surface area contributed by atoms with E-state index in [1.165, 1.54) is 35.4 Å². The first-order valence-corrected chi connectivity index (χ1v) is 12.6. The third kappa shape index (κ3) is 4.84. The normalized spacial score (nSPS) is 15.1. The second kappa shape index (κ2) is 9.27. The lowest BCUT2D eigenvalue weighted by molar-refractivity contribution is 0.274. The average molecular weight is 519 g/mol. The molecule has 4 heterocycles. The SMILES string of the molecule is O=S(=O)(CCc1ncc(Cl)cn1)Cc1nnc2n1[C@@H](c1ccc(F)cc1F)COc1cnccc1-2. The maximum atomic E-state index is 14.8. The lowest BCUT2D eigenvalue weighted by atomic mass is 10.1. The number of pyridine rings is 1. The largest absolute Gasteiger partial charge is 0.489 e. The molecule has 0 radical (unpaired) electrons. The first-order valence-electron chi connectivity index (χ1n) is 10.4. The predicted molar refractivity (Wildman–Crippen MR) is 121 cm³/mol. The van der Waals surface area contributed by atoms with Crippen molar-refractivity contribution in [3.8, 4) is 17.1 Å². The first kappa shape index (κ1) is 23.2. The Kier molecular flexibility index (Phi) is 6.15. The number of hydrogen-bond acceptors (Lipinski definition) is 8. The minimum absolute atomic E-state index is 0.0715. The van der Waals surface area contributed by atoms with Crippen molar-refractivity contribution >= 4 is 21.4 Å². The van der Waals surface area contributed by atoms with Crippen LogP contribution in [0.25, 0.3) is 11.4 Å². The summed E-state index contributed by atoms with van der Waals surface area (Å²) < 4.78 is 61.7. The zero-order valence-corrected chi connectivity index (χ0v) is 19.5. The fourth-order valence-electron chi connectivity index (χ4n) is 3.84. The summed E-state index contributed by atoms with van der Waals surface area (Å²) in [6.07, 6.45) is 5.88. The number of aryl methyl sites for hydroxylation is 1. The van der Waals surface area contributed by atoms with Gasteiger partial charge >= 0.3 is 0 Å². The minimum atomic E-state index is -3.70. The Bertz CT molecular complexity index is 1500. The first-order chi connectivity index (χ1) is 16.8. The van der Waals surface area contributed by atoms with E-state index >= 15 is 0 Å². The van der Waals surface area contributed by atoms with Gasteiger partial charge in [-0.25, -0.2) is 27.2 Å². The van der Waals surface area contributed by atoms with Gasteiger partial charge in [-0.2, -0.15) is 0 Å². The highest BCUT2D eigenvalue weighted by molar-refractivity contribution is 7.90. The van der Waals surface area contributed by atoms with Gasteiger partial charge < -0.3 is 4.74 Å². The Morgan fingerprint density at radius 1 is 1.11 bits per heavy atom. The molecule has 0 fully saturated rings. The van der Waals surface area contributed by atoms with Gasteiger partial charge in [0.25, 0.3) is 0 Å². The van der Waals surface area contributed by atoms with E-state index in [4.69, 9.17) is 16.3 Å². The quantitative estimate of drug-likeness (QED) is 0.382. The van der Waals surface area contributed by atoms with Gasteiger partial charge in [-0.15, -0.1) is 10.2 Å². The zero-order chi connectivity index (χ0) is 24.6. The molecule has 1 atom stereocenters. The molecule has 4 aromatic rings. The molecule has 0 N–H and O–H groups in total. The molecule has 0 spiro atoms. The van der Waals surface area contributed by atoms with Gasteiger partial charge in [0.2, 0.25) is 0 Å². The molecule has 1 aliphatic rings. The lowest BCUT2D eigenvalue weighted by Gasteiger charge is -2.20. The Morgan fingerprint density at radius 2 is 1.91 bits per heavy atom. The summed E-state index contributed by atoms with van der Waals surface area (Å²) in [7, 11) is -3.70. The van der Waals surface area contributed by atoms with Crippen LogP contribution >= 0.6 is 11.6 Å². The predicted octanol–water partition coefficient (Wildman–Crippen LogP) is 3.20.